The van der Waals surface area contributed by atoms with E-state index in [2.05, 4.69) is 0 Å². The summed E-state index contributed by atoms with van der Waals surface area (Å²) in [5, 5.41) is 0. The highest BCUT2D eigenvalue weighted by molar-refractivity contribution is 6.69. The van der Waals surface area contributed by atoms with E-state index in [1.165, 1.54) is 20.8 Å². The summed E-state index contributed by atoms with van der Waals surface area (Å²) in [6.07, 6.45) is -5.21. The van der Waals surface area contributed by atoms with Crippen molar-refractivity contribution in [2.45, 2.75) is 161 Å². The summed E-state index contributed by atoms with van der Waals surface area (Å²) in [6, 6.07) is 0. The molecule has 46 heavy (non-hydrogen) atoms. The molecule has 3 aliphatic heterocycles. The standard InChI is InChI=1S/C32H53FO12Si/c1-17(2)46(33,18(3)4)45-27-25(15-23(40-20(6)35)16-39-19(5)34)44-30-28(41-21(7)36)26-24(43-29(27)30)12-11-22(42-26)13-14-38-31(37)32(8,9)10/h17-18,22-30H,11-16H2,1-10H3/t22-,23?,24+,25-,26+,27+,28-,29+,30+/m1/s1. The van der Waals surface area contributed by atoms with Gasteiger partial charge >= 0.3 is 32.5 Å². The molecule has 14 heteroatoms. The van der Waals surface area contributed by atoms with Gasteiger partial charge in [0, 0.05) is 44.7 Å². The van der Waals surface area contributed by atoms with Crippen molar-refractivity contribution in [3.8, 4) is 0 Å². The number of ether oxygens (including phenoxy) is 7. The lowest BCUT2D eigenvalue weighted by molar-refractivity contribution is -0.265. The van der Waals surface area contributed by atoms with Crippen LogP contribution in [0, 0.1) is 5.41 Å². The molecule has 3 fully saturated rings. The second-order valence-corrected chi connectivity index (χ2v) is 18.1. The average molecular weight is 677 g/mol. The number of halogens is 1. The Hall–Kier alpha value is -2.13. The third-order valence-electron chi connectivity index (χ3n) is 8.59. The zero-order chi connectivity index (χ0) is 34.6. The Kier molecular flexibility index (Phi) is 13.2. The fraction of sp³-hybridized carbons (Fsp3) is 0.875. The summed E-state index contributed by atoms with van der Waals surface area (Å²) < 4.78 is 64.5. The van der Waals surface area contributed by atoms with Gasteiger partial charge in [0.05, 0.1) is 30.3 Å². The topological polar surface area (TPSA) is 142 Å². The van der Waals surface area contributed by atoms with Crippen LogP contribution in [0.3, 0.4) is 0 Å². The van der Waals surface area contributed by atoms with E-state index in [1.807, 2.05) is 0 Å². The molecular weight excluding hydrogens is 623 g/mol. The van der Waals surface area contributed by atoms with E-state index < -0.39 is 91.9 Å². The Morgan fingerprint density at radius 2 is 1.46 bits per heavy atom. The largest absolute Gasteiger partial charge is 0.465 e. The maximum Gasteiger partial charge on any atom is 0.389 e. The van der Waals surface area contributed by atoms with Gasteiger partial charge in [0.25, 0.3) is 0 Å². The smallest absolute Gasteiger partial charge is 0.389 e. The van der Waals surface area contributed by atoms with E-state index in [1.54, 1.807) is 48.5 Å². The summed E-state index contributed by atoms with van der Waals surface area (Å²) in [7, 11) is -3.89. The highest BCUT2D eigenvalue weighted by Crippen LogP contribution is 2.45. The van der Waals surface area contributed by atoms with Crippen molar-refractivity contribution in [2.75, 3.05) is 13.2 Å². The Morgan fingerprint density at radius 1 is 0.826 bits per heavy atom. The fourth-order valence-corrected chi connectivity index (χ4v) is 8.84. The zero-order valence-electron chi connectivity index (χ0n) is 28.9. The second kappa shape index (κ2) is 15.8. The minimum Gasteiger partial charge on any atom is -0.465 e. The lowest BCUT2D eigenvalue weighted by atomic mass is 9.87. The molecule has 0 N–H and O–H groups in total. The molecule has 3 rings (SSSR count). The molecule has 0 aliphatic carbocycles. The molecule has 3 heterocycles. The molecule has 0 bridgehead atoms. The fourth-order valence-electron chi connectivity index (χ4n) is 6.26. The molecule has 0 aromatic rings. The maximum absolute atomic E-state index is 16.7. The van der Waals surface area contributed by atoms with Crippen LogP contribution in [0.15, 0.2) is 0 Å². The van der Waals surface area contributed by atoms with Crippen molar-refractivity contribution in [1.82, 2.24) is 0 Å². The zero-order valence-corrected chi connectivity index (χ0v) is 29.9. The molecule has 0 aromatic heterocycles. The number of fused-ring (bicyclic) bond motifs is 2. The van der Waals surface area contributed by atoms with Gasteiger partial charge in [-0.25, -0.2) is 0 Å². The highest BCUT2D eigenvalue weighted by atomic mass is 28.4. The predicted molar refractivity (Wildman–Crippen MR) is 165 cm³/mol. The first-order valence-electron chi connectivity index (χ1n) is 16.3. The van der Waals surface area contributed by atoms with Crippen LogP contribution in [-0.4, -0.2) is 101 Å². The van der Waals surface area contributed by atoms with Gasteiger partial charge < -0.3 is 37.6 Å². The summed E-state index contributed by atoms with van der Waals surface area (Å²) in [5.74, 6) is -2.00. The van der Waals surface area contributed by atoms with Gasteiger partial charge in [-0.1, -0.05) is 27.7 Å². The van der Waals surface area contributed by atoms with Gasteiger partial charge in [-0.15, -0.1) is 0 Å². The van der Waals surface area contributed by atoms with Crippen LogP contribution in [0.2, 0.25) is 11.1 Å². The van der Waals surface area contributed by atoms with E-state index in [-0.39, 0.29) is 31.7 Å². The molecule has 3 saturated heterocycles. The number of carbonyl (C=O) groups is 4. The van der Waals surface area contributed by atoms with E-state index in [0.717, 1.165) is 0 Å². The number of hydrogen-bond donors (Lipinski definition) is 0. The molecule has 3 aliphatic rings. The molecule has 9 atom stereocenters. The Morgan fingerprint density at radius 3 is 2.00 bits per heavy atom. The van der Waals surface area contributed by atoms with Gasteiger partial charge in [0.15, 0.2) is 6.10 Å². The van der Waals surface area contributed by atoms with Crippen LogP contribution >= 0.6 is 0 Å². The van der Waals surface area contributed by atoms with Crippen molar-refractivity contribution in [2.24, 2.45) is 5.41 Å². The second-order valence-electron chi connectivity index (χ2n) is 14.2. The molecule has 12 nitrogen and oxygen atoms in total. The minimum atomic E-state index is -3.89. The number of esters is 4. The Labute approximate surface area is 272 Å². The molecule has 0 amide bonds. The first kappa shape index (κ1) is 38.3. The molecule has 0 aromatic carbocycles. The number of rotatable bonds is 13. The predicted octanol–water partition coefficient (Wildman–Crippen LogP) is 4.48. The average Bonchev–Trinajstić information content (AvgIpc) is 3.26. The van der Waals surface area contributed by atoms with Gasteiger partial charge in [-0.3, -0.25) is 23.3 Å². The van der Waals surface area contributed by atoms with Crippen LogP contribution in [-0.2, 0) is 56.8 Å². The van der Waals surface area contributed by atoms with Crippen LogP contribution < -0.4 is 0 Å². The minimum absolute atomic E-state index is 0.0132. The summed E-state index contributed by atoms with van der Waals surface area (Å²) in [5.41, 5.74) is -1.42. The molecule has 0 saturated carbocycles. The van der Waals surface area contributed by atoms with E-state index >= 15 is 4.11 Å². The Bertz CT molecular complexity index is 1070. The quantitative estimate of drug-likeness (QED) is 0.117. The van der Waals surface area contributed by atoms with Gasteiger partial charge in [0.1, 0.15) is 37.1 Å². The third kappa shape index (κ3) is 9.71. The Balaban J connectivity index is 1.90. The van der Waals surface area contributed by atoms with Crippen LogP contribution in [0.4, 0.5) is 4.11 Å². The summed E-state index contributed by atoms with van der Waals surface area (Å²) in [4.78, 5) is 48.1. The lowest BCUT2D eigenvalue weighted by Crippen LogP contribution is -2.63. The highest BCUT2D eigenvalue weighted by Gasteiger charge is 2.62. The van der Waals surface area contributed by atoms with Crippen molar-refractivity contribution in [1.29, 1.82) is 0 Å². The maximum atomic E-state index is 16.7. The summed E-state index contributed by atoms with van der Waals surface area (Å²) >= 11 is 0. The van der Waals surface area contributed by atoms with Crippen LogP contribution in [0.5, 0.6) is 0 Å². The van der Waals surface area contributed by atoms with Crippen molar-refractivity contribution in [3.63, 3.8) is 0 Å². The van der Waals surface area contributed by atoms with Crippen LogP contribution in [0.25, 0.3) is 0 Å². The van der Waals surface area contributed by atoms with Crippen molar-refractivity contribution in [3.05, 3.63) is 0 Å². The van der Waals surface area contributed by atoms with Crippen molar-refractivity contribution >= 4 is 32.5 Å². The summed E-state index contributed by atoms with van der Waals surface area (Å²) in [6.45, 7) is 16.2. The van der Waals surface area contributed by atoms with Gasteiger partial charge in [0.2, 0.25) is 0 Å². The number of carbonyl (C=O) groups excluding carboxylic acids is 4. The van der Waals surface area contributed by atoms with Gasteiger partial charge in [-0.05, 0) is 33.6 Å². The molecule has 1 unspecified atom stereocenters. The molecular formula is C32H53FO12Si. The SMILES string of the molecule is CC(=O)OCC(C[C@H]1O[C@@H]2[C@@H](O[C@H]3CC[C@H](CCOC(=O)C(C)(C)C)O[C@@H]3[C@H]2OC(C)=O)[C@H]1O[Si](F)(C(C)C)C(C)C)OC(C)=O. The van der Waals surface area contributed by atoms with E-state index in [4.69, 9.17) is 37.6 Å². The van der Waals surface area contributed by atoms with E-state index in [9.17, 15) is 19.2 Å². The van der Waals surface area contributed by atoms with Gasteiger partial charge in [-0.2, -0.15) is 0 Å². The van der Waals surface area contributed by atoms with Crippen LogP contribution in [0.1, 0.15) is 94.9 Å². The number of hydrogen-bond acceptors (Lipinski definition) is 12. The molecule has 264 valence electrons. The first-order valence-corrected chi connectivity index (χ1v) is 18.3. The first-order chi connectivity index (χ1) is 21.3. The van der Waals surface area contributed by atoms with E-state index in [0.29, 0.717) is 19.3 Å². The van der Waals surface area contributed by atoms with Crippen molar-refractivity contribution < 1.29 is 60.9 Å². The lowest BCUT2D eigenvalue weighted by Gasteiger charge is -2.48. The monoisotopic (exact) mass is 676 g/mol. The normalized spacial score (nSPS) is 30.3. The molecule has 0 spiro atoms. The third-order valence-corrected chi connectivity index (χ3v) is 12.4. The molecule has 0 radical (unpaired) electrons.